The van der Waals surface area contributed by atoms with E-state index in [4.69, 9.17) is 24.2 Å². The Kier molecular flexibility index (Phi) is 13.4. The minimum Gasteiger partial charge on any atom is -0.494 e. The molecule has 6 aromatic rings. The predicted octanol–water partition coefficient (Wildman–Crippen LogP) is 5.68. The number of anilines is 1. The number of carbonyl (C=O) groups excluding carboxylic acids is 2. The number of Topliss-reactive ketones (excluding diaryl/α,β-unsaturated/α-hetero) is 1. The number of allylic oxidation sites excluding steroid dienone is 2. The normalized spacial score (nSPS) is 13.4. The van der Waals surface area contributed by atoms with Crippen molar-refractivity contribution in [2.75, 3.05) is 51.9 Å². The quantitative estimate of drug-likeness (QED) is 0.0507. The number of carbonyl (C=O) groups is 4. The molecule has 4 aromatic heterocycles. The zero-order chi connectivity index (χ0) is 44.1. The van der Waals surface area contributed by atoms with Crippen LogP contribution in [-0.2, 0) is 37.2 Å². The van der Waals surface area contributed by atoms with Crippen LogP contribution in [0.25, 0.3) is 22.1 Å². The number of amides is 1. The smallest absolute Gasteiger partial charge is 0.335 e. The van der Waals surface area contributed by atoms with Gasteiger partial charge in [0.15, 0.2) is 5.78 Å². The highest BCUT2D eigenvalue weighted by Gasteiger charge is 2.25. The maximum atomic E-state index is 13.8. The zero-order valence-electron chi connectivity index (χ0n) is 35.3. The molecule has 0 spiro atoms. The zero-order valence-corrected chi connectivity index (χ0v) is 36.1. The van der Waals surface area contributed by atoms with Gasteiger partial charge in [-0.05, 0) is 63.9 Å². The summed E-state index contributed by atoms with van der Waals surface area (Å²) >= 11 is 1.33. The first-order valence-electron chi connectivity index (χ1n) is 20.4. The number of nitrogens with zero attached hydrogens (tertiary/aromatic N) is 8. The van der Waals surface area contributed by atoms with Gasteiger partial charge in [0, 0.05) is 39.3 Å². The van der Waals surface area contributed by atoms with E-state index in [0.29, 0.717) is 94.8 Å². The summed E-state index contributed by atoms with van der Waals surface area (Å²) in [6, 6.07) is 7.47. The highest BCUT2D eigenvalue weighted by Crippen LogP contribution is 2.33. The van der Waals surface area contributed by atoms with Gasteiger partial charge in [-0.25, -0.2) is 24.5 Å². The number of ketones is 1. The Balaban J connectivity index is 1.25. The van der Waals surface area contributed by atoms with E-state index in [0.717, 1.165) is 24.6 Å². The first kappa shape index (κ1) is 43.6. The van der Waals surface area contributed by atoms with Gasteiger partial charge < -0.3 is 33.6 Å². The van der Waals surface area contributed by atoms with Crippen LogP contribution in [-0.4, -0.2) is 119 Å². The van der Waals surface area contributed by atoms with E-state index < -0.39 is 17.8 Å². The fourth-order valence-electron chi connectivity index (χ4n) is 7.57. The number of imidazole rings is 2. The number of benzene rings is 2. The van der Waals surface area contributed by atoms with E-state index in [9.17, 15) is 29.4 Å². The summed E-state index contributed by atoms with van der Waals surface area (Å²) in [5.41, 5.74) is 3.34. The maximum absolute atomic E-state index is 13.8. The summed E-state index contributed by atoms with van der Waals surface area (Å²) < 4.78 is 22.6. The molecule has 1 amide bonds. The maximum Gasteiger partial charge on any atom is 0.335 e. The minimum absolute atomic E-state index is 0.0114. The first-order chi connectivity index (χ1) is 29.9. The molecule has 62 heavy (non-hydrogen) atoms. The number of hydrogen-bond acceptors (Lipinski definition) is 13. The van der Waals surface area contributed by atoms with E-state index in [2.05, 4.69) is 20.3 Å². The van der Waals surface area contributed by atoms with Crippen LogP contribution in [0.4, 0.5) is 5.95 Å². The number of aromatic nitrogens is 7. The lowest BCUT2D eigenvalue weighted by molar-refractivity contribution is 0.0358. The van der Waals surface area contributed by atoms with Gasteiger partial charge in [-0.2, -0.15) is 5.10 Å². The topological polar surface area (TPSA) is 218 Å². The summed E-state index contributed by atoms with van der Waals surface area (Å²) in [5, 5.41) is 28.0. The molecule has 18 nitrogen and oxygen atoms in total. The number of fused-ring (bicyclic) bond motifs is 2. The summed E-state index contributed by atoms with van der Waals surface area (Å²) in [7, 11) is 1.44. The average molecular weight is 868 g/mol. The molecule has 1 fully saturated rings. The summed E-state index contributed by atoms with van der Waals surface area (Å²) in [4.78, 5) is 68.8. The van der Waals surface area contributed by atoms with Gasteiger partial charge >= 0.3 is 11.9 Å². The number of carboxylic acids is 2. The van der Waals surface area contributed by atoms with E-state index >= 15 is 0 Å². The second kappa shape index (κ2) is 19.1. The van der Waals surface area contributed by atoms with Gasteiger partial charge in [-0.1, -0.05) is 19.1 Å². The number of methoxy groups -OCH3 is 1. The molecule has 0 bridgehead atoms. The van der Waals surface area contributed by atoms with Crippen molar-refractivity contribution >= 4 is 63.0 Å². The Labute approximate surface area is 360 Å². The highest BCUT2D eigenvalue weighted by molar-refractivity contribution is 7.13. The molecule has 1 aliphatic heterocycles. The van der Waals surface area contributed by atoms with Crippen LogP contribution in [0, 0.1) is 13.8 Å². The number of ether oxygens (including phenoxy) is 3. The van der Waals surface area contributed by atoms with Gasteiger partial charge in [-0.3, -0.25) is 24.5 Å². The third-order valence-electron chi connectivity index (χ3n) is 10.5. The number of carboxylic acid groups (broad SMARTS) is 2. The van der Waals surface area contributed by atoms with Crippen LogP contribution >= 0.6 is 11.3 Å². The standard InChI is InChI=1S/C43H49N9O9S/c1-6-29-39(62-26(4)44-29)33(53)24-36-45-30-20-27(41(55)56)22-34(59-5)37(30)50(36)12-8-9-13-51-38-31(46-43(51)47-40(54)32-19-25(3)48-52(32)7-2)21-28(42(57)58)23-35(38)61-16-10-11-49-14-17-60-18-15-49/h8-9,19-23H,6-7,10-18,24H2,1-5H3,(H,55,56)(H,57,58)(H,46,47,54)/b9-8+. The number of aryl methyl sites for hydroxylation is 4. The molecule has 0 radical (unpaired) electrons. The van der Waals surface area contributed by atoms with Gasteiger partial charge in [0.05, 0.1) is 76.8 Å². The van der Waals surface area contributed by atoms with Gasteiger partial charge in [0.2, 0.25) is 5.95 Å². The SMILES string of the molecule is CCc1nc(C)sc1C(=O)Cc1nc2cc(C(=O)O)cc(OC)c2n1C/C=C/Cn1c(NC(=O)c2cc(C)nn2CC)nc2cc(C(=O)O)cc(OCCCN3CCOCC3)c21. The van der Waals surface area contributed by atoms with E-state index in [-0.39, 0.29) is 48.1 Å². The van der Waals surface area contributed by atoms with Crippen LogP contribution < -0.4 is 14.8 Å². The molecule has 3 N–H and O–H groups in total. The lowest BCUT2D eigenvalue weighted by Crippen LogP contribution is -2.37. The Morgan fingerprint density at radius 1 is 0.887 bits per heavy atom. The molecule has 326 valence electrons. The Hall–Kier alpha value is -6.44. The highest BCUT2D eigenvalue weighted by atomic mass is 32.1. The van der Waals surface area contributed by atoms with Crippen molar-refractivity contribution in [3.63, 3.8) is 0 Å². The van der Waals surface area contributed by atoms with Crippen LogP contribution in [0.15, 0.2) is 42.5 Å². The molecule has 1 saturated heterocycles. The molecule has 0 aliphatic carbocycles. The van der Waals surface area contributed by atoms with Crippen molar-refractivity contribution in [2.45, 2.75) is 66.6 Å². The lowest BCUT2D eigenvalue weighted by Gasteiger charge is -2.26. The Bertz CT molecular complexity index is 2690. The first-order valence-corrected chi connectivity index (χ1v) is 21.2. The fourth-order valence-corrected chi connectivity index (χ4v) is 8.51. The number of morpholine rings is 1. The van der Waals surface area contributed by atoms with Gasteiger partial charge in [0.1, 0.15) is 34.1 Å². The summed E-state index contributed by atoms with van der Waals surface area (Å²) in [6.45, 7) is 12.4. The second-order valence-electron chi connectivity index (χ2n) is 14.7. The second-order valence-corrected chi connectivity index (χ2v) is 15.9. The number of aromatic carboxylic acids is 2. The molecule has 0 atom stereocenters. The predicted molar refractivity (Wildman–Crippen MR) is 231 cm³/mol. The largest absolute Gasteiger partial charge is 0.494 e. The molecule has 2 aromatic carbocycles. The molecule has 1 aliphatic rings. The summed E-state index contributed by atoms with van der Waals surface area (Å²) in [6.07, 6.45) is 4.90. The van der Waals surface area contributed by atoms with Crippen molar-refractivity contribution < 1.29 is 43.6 Å². The van der Waals surface area contributed by atoms with Crippen LogP contribution in [0.2, 0.25) is 0 Å². The lowest BCUT2D eigenvalue weighted by atomic mass is 10.1. The van der Waals surface area contributed by atoms with Gasteiger partial charge in [-0.15, -0.1) is 11.3 Å². The average Bonchev–Trinajstić information content (AvgIpc) is 4.03. The number of rotatable bonds is 19. The third-order valence-corrected chi connectivity index (χ3v) is 11.6. The molecule has 5 heterocycles. The molecule has 7 rings (SSSR count). The number of nitrogens with one attached hydrogen (secondary N) is 1. The van der Waals surface area contributed by atoms with Crippen LogP contribution in [0.1, 0.15) is 83.4 Å². The number of hydrogen-bond donors (Lipinski definition) is 3. The Morgan fingerprint density at radius 2 is 1.55 bits per heavy atom. The van der Waals surface area contributed by atoms with Gasteiger partial charge in [0.25, 0.3) is 5.91 Å². The minimum atomic E-state index is -1.16. The van der Waals surface area contributed by atoms with Crippen molar-refractivity contribution in [2.24, 2.45) is 0 Å². The van der Waals surface area contributed by atoms with Crippen LogP contribution in [0.3, 0.4) is 0 Å². The number of thiazole rings is 1. The van der Waals surface area contributed by atoms with E-state index in [1.165, 1.54) is 42.7 Å². The van der Waals surface area contributed by atoms with Crippen molar-refractivity contribution in [1.29, 1.82) is 0 Å². The molecule has 19 heteroatoms. The Morgan fingerprint density at radius 3 is 2.21 bits per heavy atom. The fraction of sp³-hybridized carbons (Fsp3) is 0.395. The van der Waals surface area contributed by atoms with Crippen molar-refractivity contribution in [3.8, 4) is 11.5 Å². The molecular formula is C43H49N9O9S. The summed E-state index contributed by atoms with van der Waals surface area (Å²) in [5.74, 6) is -1.78. The van der Waals surface area contributed by atoms with Crippen molar-refractivity contribution in [1.82, 2.24) is 38.8 Å². The van der Waals surface area contributed by atoms with E-state index in [1.54, 1.807) is 22.2 Å². The molecule has 0 unspecified atom stereocenters. The molecular weight excluding hydrogens is 819 g/mol. The monoisotopic (exact) mass is 867 g/mol. The van der Waals surface area contributed by atoms with E-state index in [1.807, 2.05) is 37.5 Å². The molecule has 0 saturated carbocycles. The van der Waals surface area contributed by atoms with Crippen molar-refractivity contribution in [3.05, 3.63) is 86.4 Å². The van der Waals surface area contributed by atoms with Crippen LogP contribution in [0.5, 0.6) is 11.5 Å². The third kappa shape index (κ3) is 9.39.